The molecule has 0 N–H and O–H groups in total. The number of hydrogen-bond acceptors (Lipinski definition) is 3. The first-order valence-corrected chi connectivity index (χ1v) is 5.93. The Balaban J connectivity index is 1.75. The van der Waals surface area contributed by atoms with Crippen LogP contribution >= 0.6 is 0 Å². The third-order valence-corrected chi connectivity index (χ3v) is 2.48. The van der Waals surface area contributed by atoms with E-state index < -0.39 is 0 Å². The van der Waals surface area contributed by atoms with E-state index in [9.17, 15) is 4.39 Å². The second-order valence-electron chi connectivity index (χ2n) is 3.83. The molecule has 0 aliphatic heterocycles. The minimum absolute atomic E-state index is 0.278. The molecule has 100 valence electrons. The summed E-state index contributed by atoms with van der Waals surface area (Å²) in [6.07, 6.45) is 0. The van der Waals surface area contributed by atoms with Gasteiger partial charge in [0.25, 0.3) is 0 Å². The molecule has 19 heavy (non-hydrogen) atoms. The molecule has 0 aromatic heterocycles. The molecule has 0 heterocycles. The van der Waals surface area contributed by atoms with Crippen molar-refractivity contribution >= 4 is 0 Å². The maximum absolute atomic E-state index is 12.7. The van der Waals surface area contributed by atoms with E-state index in [4.69, 9.17) is 14.2 Å². The Hall–Kier alpha value is -2.23. The van der Waals surface area contributed by atoms with E-state index in [-0.39, 0.29) is 5.82 Å². The zero-order valence-corrected chi connectivity index (χ0v) is 10.6. The number of halogens is 1. The van der Waals surface area contributed by atoms with Crippen LogP contribution in [0.2, 0.25) is 0 Å². The van der Waals surface area contributed by atoms with Crippen LogP contribution in [-0.2, 0) is 0 Å². The van der Waals surface area contributed by atoms with Gasteiger partial charge < -0.3 is 14.2 Å². The number of ether oxygens (including phenoxy) is 3. The summed E-state index contributed by atoms with van der Waals surface area (Å²) in [7, 11) is 1.61. The Bertz CT molecular complexity index is 511. The van der Waals surface area contributed by atoms with Crippen molar-refractivity contribution in [3.8, 4) is 17.2 Å². The van der Waals surface area contributed by atoms with Crippen molar-refractivity contribution in [2.24, 2.45) is 0 Å². The summed E-state index contributed by atoms with van der Waals surface area (Å²) in [5, 5.41) is 0. The van der Waals surface area contributed by atoms with Gasteiger partial charge in [-0.2, -0.15) is 0 Å². The van der Waals surface area contributed by atoms with Crippen LogP contribution in [0.3, 0.4) is 0 Å². The Morgan fingerprint density at radius 3 is 2.16 bits per heavy atom. The molecule has 4 heteroatoms. The normalized spacial score (nSPS) is 10.0. The molecule has 0 aliphatic rings. The molecule has 0 fully saturated rings. The van der Waals surface area contributed by atoms with Gasteiger partial charge in [0.05, 0.1) is 7.11 Å². The fraction of sp³-hybridized carbons (Fsp3) is 0.200. The molecule has 2 rings (SSSR count). The zero-order valence-electron chi connectivity index (χ0n) is 10.6. The smallest absolute Gasteiger partial charge is 0.123 e. The maximum Gasteiger partial charge on any atom is 0.123 e. The number of hydrogen-bond donors (Lipinski definition) is 0. The second kappa shape index (κ2) is 6.64. The van der Waals surface area contributed by atoms with E-state index >= 15 is 0 Å². The lowest BCUT2D eigenvalue weighted by molar-refractivity contribution is 0.216. The molecular weight excluding hydrogens is 247 g/mol. The Kier molecular flexibility index (Phi) is 4.61. The lowest BCUT2D eigenvalue weighted by Crippen LogP contribution is -2.08. The van der Waals surface area contributed by atoms with Crippen molar-refractivity contribution in [1.82, 2.24) is 0 Å². The molecule has 0 radical (unpaired) electrons. The van der Waals surface area contributed by atoms with Crippen LogP contribution in [0.15, 0.2) is 48.5 Å². The van der Waals surface area contributed by atoms with Crippen LogP contribution in [0.5, 0.6) is 17.2 Å². The summed E-state index contributed by atoms with van der Waals surface area (Å²) < 4.78 is 28.7. The van der Waals surface area contributed by atoms with Crippen LogP contribution < -0.4 is 14.2 Å². The molecule has 0 aliphatic carbocycles. The summed E-state index contributed by atoms with van der Waals surface area (Å²) in [5.41, 5.74) is 0. The fourth-order valence-corrected chi connectivity index (χ4v) is 1.54. The molecule has 0 atom stereocenters. The van der Waals surface area contributed by atoms with Crippen LogP contribution in [0.4, 0.5) is 4.39 Å². The van der Waals surface area contributed by atoms with Crippen LogP contribution in [-0.4, -0.2) is 20.3 Å². The van der Waals surface area contributed by atoms with Gasteiger partial charge in [0.2, 0.25) is 0 Å². The van der Waals surface area contributed by atoms with Crippen molar-refractivity contribution in [1.29, 1.82) is 0 Å². The van der Waals surface area contributed by atoms with Gasteiger partial charge in [0, 0.05) is 6.07 Å². The minimum atomic E-state index is -0.278. The highest BCUT2D eigenvalue weighted by Crippen LogP contribution is 2.18. The Morgan fingerprint density at radius 1 is 0.842 bits per heavy atom. The Labute approximate surface area is 111 Å². The third-order valence-electron chi connectivity index (χ3n) is 2.48. The molecule has 0 spiro atoms. The van der Waals surface area contributed by atoms with E-state index in [0.29, 0.717) is 19.0 Å². The zero-order chi connectivity index (χ0) is 13.5. The molecule has 0 bridgehead atoms. The predicted molar refractivity (Wildman–Crippen MR) is 70.4 cm³/mol. The van der Waals surface area contributed by atoms with E-state index in [1.165, 1.54) is 12.1 Å². The first kappa shape index (κ1) is 13.2. The summed E-state index contributed by atoms with van der Waals surface area (Å²) in [6, 6.07) is 13.2. The average Bonchev–Trinajstić information content (AvgIpc) is 2.46. The molecular formula is C15H15FO3. The molecule has 0 saturated carbocycles. The van der Waals surface area contributed by atoms with E-state index in [0.717, 1.165) is 11.5 Å². The van der Waals surface area contributed by atoms with Gasteiger partial charge in [-0.05, 0) is 36.4 Å². The first-order chi connectivity index (χ1) is 9.28. The highest BCUT2D eigenvalue weighted by molar-refractivity contribution is 5.32. The largest absolute Gasteiger partial charge is 0.497 e. The van der Waals surface area contributed by atoms with Crippen molar-refractivity contribution in [3.05, 3.63) is 54.3 Å². The SMILES string of the molecule is COc1cccc(OCCOc2ccc(F)cc2)c1. The van der Waals surface area contributed by atoms with Crippen LogP contribution in [0.25, 0.3) is 0 Å². The standard InChI is InChI=1S/C15H15FO3/c1-17-14-3-2-4-15(11-14)19-10-9-18-13-7-5-12(16)6-8-13/h2-8,11H,9-10H2,1H3. The summed E-state index contributed by atoms with van der Waals surface area (Å²) in [6.45, 7) is 0.799. The predicted octanol–water partition coefficient (Wildman–Crippen LogP) is 3.29. The minimum Gasteiger partial charge on any atom is -0.497 e. The fourth-order valence-electron chi connectivity index (χ4n) is 1.54. The van der Waals surface area contributed by atoms with Gasteiger partial charge >= 0.3 is 0 Å². The van der Waals surface area contributed by atoms with Gasteiger partial charge in [-0.1, -0.05) is 6.07 Å². The lowest BCUT2D eigenvalue weighted by atomic mass is 10.3. The summed E-state index contributed by atoms with van der Waals surface area (Å²) in [5.74, 6) is 1.81. The molecule has 0 unspecified atom stereocenters. The van der Waals surface area contributed by atoms with E-state index in [2.05, 4.69) is 0 Å². The molecule has 0 saturated heterocycles. The lowest BCUT2D eigenvalue weighted by Gasteiger charge is -2.09. The quantitative estimate of drug-likeness (QED) is 0.748. The topological polar surface area (TPSA) is 27.7 Å². The van der Waals surface area contributed by atoms with E-state index in [1.807, 2.05) is 18.2 Å². The van der Waals surface area contributed by atoms with Gasteiger partial charge in [0.15, 0.2) is 0 Å². The van der Waals surface area contributed by atoms with Gasteiger partial charge in [0.1, 0.15) is 36.3 Å². The molecule has 2 aromatic carbocycles. The number of methoxy groups -OCH3 is 1. The van der Waals surface area contributed by atoms with Crippen molar-refractivity contribution in [2.45, 2.75) is 0 Å². The monoisotopic (exact) mass is 262 g/mol. The van der Waals surface area contributed by atoms with E-state index in [1.54, 1.807) is 25.3 Å². The average molecular weight is 262 g/mol. The Morgan fingerprint density at radius 2 is 1.47 bits per heavy atom. The van der Waals surface area contributed by atoms with Crippen LogP contribution in [0, 0.1) is 5.82 Å². The van der Waals surface area contributed by atoms with Crippen molar-refractivity contribution < 1.29 is 18.6 Å². The third kappa shape index (κ3) is 4.17. The maximum atomic E-state index is 12.7. The number of rotatable bonds is 6. The molecule has 3 nitrogen and oxygen atoms in total. The second-order valence-corrected chi connectivity index (χ2v) is 3.83. The molecule has 0 amide bonds. The number of benzene rings is 2. The van der Waals surface area contributed by atoms with Gasteiger partial charge in [-0.3, -0.25) is 0 Å². The summed E-state index contributed by atoms with van der Waals surface area (Å²) in [4.78, 5) is 0. The van der Waals surface area contributed by atoms with Crippen molar-refractivity contribution in [3.63, 3.8) is 0 Å². The highest BCUT2D eigenvalue weighted by atomic mass is 19.1. The first-order valence-electron chi connectivity index (χ1n) is 5.93. The summed E-state index contributed by atoms with van der Waals surface area (Å²) >= 11 is 0. The molecule has 2 aromatic rings. The highest BCUT2D eigenvalue weighted by Gasteiger charge is 1.98. The van der Waals surface area contributed by atoms with Gasteiger partial charge in [-0.15, -0.1) is 0 Å². The van der Waals surface area contributed by atoms with Crippen molar-refractivity contribution in [2.75, 3.05) is 20.3 Å². The van der Waals surface area contributed by atoms with Gasteiger partial charge in [-0.25, -0.2) is 4.39 Å². The van der Waals surface area contributed by atoms with Crippen LogP contribution in [0.1, 0.15) is 0 Å².